The van der Waals surface area contributed by atoms with Crippen LogP contribution in [0.4, 0.5) is 5.82 Å². The average molecular weight is 262 g/mol. The van der Waals surface area contributed by atoms with Crippen LogP contribution < -0.4 is 10.6 Å². The highest BCUT2D eigenvalue weighted by Crippen LogP contribution is 2.29. The molecule has 0 radical (unpaired) electrons. The molecule has 1 aliphatic rings. The minimum atomic E-state index is 0.121. The highest BCUT2D eigenvalue weighted by molar-refractivity contribution is 6.01. The second-order valence-electron chi connectivity index (χ2n) is 5.55. The van der Waals surface area contributed by atoms with Gasteiger partial charge >= 0.3 is 0 Å². The Balaban J connectivity index is 2.31. The fourth-order valence-corrected chi connectivity index (χ4v) is 2.56. The van der Waals surface area contributed by atoms with Crippen molar-refractivity contribution in [2.24, 2.45) is 22.7 Å². The molecule has 2 rings (SSSR count). The Hall–Kier alpha value is -1.78. The van der Waals surface area contributed by atoms with Gasteiger partial charge < -0.3 is 15.8 Å². The number of nitrogens with zero attached hydrogens (tertiary/aromatic N) is 3. The largest absolute Gasteiger partial charge is 0.409 e. The summed E-state index contributed by atoms with van der Waals surface area (Å²) in [6, 6.07) is 3.75. The molecule has 5 nitrogen and oxygen atoms in total. The first kappa shape index (κ1) is 13.6. The lowest BCUT2D eigenvalue weighted by Crippen LogP contribution is -2.26. The number of hydrogen-bond acceptors (Lipinski definition) is 4. The molecule has 0 spiro atoms. The zero-order valence-corrected chi connectivity index (χ0v) is 11.8. The van der Waals surface area contributed by atoms with Gasteiger partial charge in [-0.2, -0.15) is 0 Å². The molecule has 3 N–H and O–H groups in total. The first-order valence-electron chi connectivity index (χ1n) is 6.73. The Morgan fingerprint density at radius 2 is 2.26 bits per heavy atom. The van der Waals surface area contributed by atoms with Crippen LogP contribution in [0.3, 0.4) is 0 Å². The van der Waals surface area contributed by atoms with Crippen molar-refractivity contribution in [3.63, 3.8) is 0 Å². The van der Waals surface area contributed by atoms with Crippen molar-refractivity contribution in [3.05, 3.63) is 23.4 Å². The Morgan fingerprint density at radius 1 is 1.53 bits per heavy atom. The number of anilines is 1. The minimum Gasteiger partial charge on any atom is -0.409 e. The molecule has 104 valence electrons. The summed E-state index contributed by atoms with van der Waals surface area (Å²) in [5.41, 5.74) is 7.39. The highest BCUT2D eigenvalue weighted by atomic mass is 16.4. The molecule has 5 heteroatoms. The first-order chi connectivity index (χ1) is 9.02. The second-order valence-corrected chi connectivity index (χ2v) is 5.55. The Bertz CT molecular complexity index is 484. The van der Waals surface area contributed by atoms with Crippen molar-refractivity contribution in [2.45, 2.75) is 27.2 Å². The molecule has 0 amide bonds. The molecule has 1 fully saturated rings. The van der Waals surface area contributed by atoms with Gasteiger partial charge in [-0.05, 0) is 37.3 Å². The van der Waals surface area contributed by atoms with E-state index in [1.54, 1.807) is 0 Å². The first-order valence-corrected chi connectivity index (χ1v) is 6.73. The van der Waals surface area contributed by atoms with Crippen molar-refractivity contribution < 1.29 is 5.21 Å². The lowest BCUT2D eigenvalue weighted by molar-refractivity contribution is 0.318. The van der Waals surface area contributed by atoms with E-state index in [1.807, 2.05) is 19.1 Å². The third-order valence-corrected chi connectivity index (χ3v) is 3.87. The summed E-state index contributed by atoms with van der Waals surface area (Å²) in [5, 5.41) is 12.0. The minimum absolute atomic E-state index is 0.121. The topological polar surface area (TPSA) is 74.7 Å². The van der Waals surface area contributed by atoms with E-state index in [2.05, 4.69) is 28.9 Å². The molecule has 0 saturated carbocycles. The van der Waals surface area contributed by atoms with Crippen molar-refractivity contribution in [3.8, 4) is 0 Å². The van der Waals surface area contributed by atoms with E-state index in [1.165, 1.54) is 6.42 Å². The molecule has 1 saturated heterocycles. The number of amidine groups is 1. The molecule has 0 aromatic carbocycles. The molecule has 1 aliphatic heterocycles. The van der Waals surface area contributed by atoms with Gasteiger partial charge in [0.2, 0.25) is 0 Å². The fraction of sp³-hybridized carbons (Fsp3) is 0.571. The molecule has 0 aliphatic carbocycles. The summed E-state index contributed by atoms with van der Waals surface area (Å²) in [6.07, 6.45) is 1.17. The summed E-state index contributed by atoms with van der Waals surface area (Å²) in [4.78, 5) is 6.81. The molecule has 2 heterocycles. The van der Waals surface area contributed by atoms with Crippen LogP contribution in [0.25, 0.3) is 0 Å². The van der Waals surface area contributed by atoms with Gasteiger partial charge in [-0.3, -0.25) is 0 Å². The number of aromatic nitrogens is 1. The summed E-state index contributed by atoms with van der Waals surface area (Å²) in [7, 11) is 0. The average Bonchev–Trinajstić information content (AvgIpc) is 2.87. The summed E-state index contributed by atoms with van der Waals surface area (Å²) in [5.74, 6) is 2.30. The predicted octanol–water partition coefficient (Wildman–Crippen LogP) is 1.97. The van der Waals surface area contributed by atoms with Crippen LogP contribution in [0.1, 0.15) is 31.5 Å². The third-order valence-electron chi connectivity index (χ3n) is 3.87. The van der Waals surface area contributed by atoms with E-state index in [9.17, 15) is 0 Å². The molecule has 19 heavy (non-hydrogen) atoms. The molecule has 0 bridgehead atoms. The van der Waals surface area contributed by atoms with Gasteiger partial charge in [-0.25, -0.2) is 4.98 Å². The van der Waals surface area contributed by atoms with Gasteiger partial charge in [-0.1, -0.05) is 19.0 Å². The van der Waals surface area contributed by atoms with E-state index >= 15 is 0 Å². The Kier molecular flexibility index (Phi) is 3.93. The lowest BCUT2D eigenvalue weighted by Gasteiger charge is -2.21. The zero-order chi connectivity index (χ0) is 14.0. The maximum atomic E-state index is 8.88. The van der Waals surface area contributed by atoms with Gasteiger partial charge in [0.1, 0.15) is 5.82 Å². The Morgan fingerprint density at radius 3 is 2.84 bits per heavy atom. The van der Waals surface area contributed by atoms with Crippen LogP contribution in [0.2, 0.25) is 0 Å². The highest BCUT2D eigenvalue weighted by Gasteiger charge is 2.27. The van der Waals surface area contributed by atoms with E-state index in [4.69, 9.17) is 10.9 Å². The van der Waals surface area contributed by atoms with Crippen LogP contribution in [-0.4, -0.2) is 29.1 Å². The van der Waals surface area contributed by atoms with E-state index in [0.29, 0.717) is 17.4 Å². The number of pyridine rings is 1. The zero-order valence-electron chi connectivity index (χ0n) is 11.8. The van der Waals surface area contributed by atoms with Crippen molar-refractivity contribution in [2.75, 3.05) is 18.0 Å². The third kappa shape index (κ3) is 2.80. The number of oxime groups is 1. The van der Waals surface area contributed by atoms with Crippen molar-refractivity contribution >= 4 is 11.7 Å². The molecule has 1 atom stereocenters. The normalized spacial score (nSPS) is 20.3. The predicted molar refractivity (Wildman–Crippen MR) is 76.6 cm³/mol. The fourth-order valence-electron chi connectivity index (χ4n) is 2.56. The number of rotatable bonds is 3. The lowest BCUT2D eigenvalue weighted by atomic mass is 9.95. The van der Waals surface area contributed by atoms with Crippen molar-refractivity contribution in [1.82, 2.24) is 4.98 Å². The van der Waals surface area contributed by atoms with E-state index in [0.717, 1.165) is 24.6 Å². The monoisotopic (exact) mass is 262 g/mol. The molecular weight excluding hydrogens is 240 g/mol. The number of nitrogens with two attached hydrogens (primary N) is 1. The van der Waals surface area contributed by atoms with E-state index in [-0.39, 0.29) is 5.84 Å². The Labute approximate surface area is 114 Å². The molecule has 1 aromatic rings. The van der Waals surface area contributed by atoms with E-state index < -0.39 is 0 Å². The van der Waals surface area contributed by atoms with Gasteiger partial charge in [-0.15, -0.1) is 0 Å². The molecule has 1 aromatic heterocycles. The molecule has 1 unspecified atom stereocenters. The number of aryl methyl sites for hydroxylation is 1. The van der Waals surface area contributed by atoms with Crippen LogP contribution in [0.5, 0.6) is 0 Å². The quantitative estimate of drug-likeness (QED) is 0.378. The molecular formula is C14H22N4O. The van der Waals surface area contributed by atoms with Gasteiger partial charge in [0.05, 0.1) is 5.56 Å². The maximum absolute atomic E-state index is 8.88. The summed E-state index contributed by atoms with van der Waals surface area (Å²) < 4.78 is 0. The second kappa shape index (κ2) is 5.47. The van der Waals surface area contributed by atoms with Gasteiger partial charge in [0.25, 0.3) is 0 Å². The van der Waals surface area contributed by atoms with Crippen LogP contribution in [0.15, 0.2) is 17.3 Å². The smallest absolute Gasteiger partial charge is 0.173 e. The SMILES string of the molecule is Cc1ccc(/C(N)=N/O)c(N2CCC(C(C)C)C2)n1. The van der Waals surface area contributed by atoms with Crippen LogP contribution in [-0.2, 0) is 0 Å². The number of hydrogen-bond donors (Lipinski definition) is 2. The van der Waals surface area contributed by atoms with Gasteiger partial charge in [0.15, 0.2) is 5.84 Å². The summed E-state index contributed by atoms with van der Waals surface area (Å²) in [6.45, 7) is 8.42. The van der Waals surface area contributed by atoms with Crippen LogP contribution >= 0.6 is 0 Å². The van der Waals surface area contributed by atoms with Crippen LogP contribution in [0, 0.1) is 18.8 Å². The van der Waals surface area contributed by atoms with Gasteiger partial charge in [0, 0.05) is 18.8 Å². The standard InChI is InChI=1S/C14H22N4O/c1-9(2)11-6-7-18(8-11)14-12(13(15)17-19)5-4-10(3)16-14/h4-5,9,11,19H,6-8H2,1-3H3,(H2,15,17). The summed E-state index contributed by atoms with van der Waals surface area (Å²) >= 11 is 0. The van der Waals surface area contributed by atoms with Crippen molar-refractivity contribution in [1.29, 1.82) is 0 Å². The maximum Gasteiger partial charge on any atom is 0.173 e.